The number of carbonyl (C=O) groups is 1. The summed E-state index contributed by atoms with van der Waals surface area (Å²) in [5.74, 6) is 0.908. The summed E-state index contributed by atoms with van der Waals surface area (Å²) in [6.45, 7) is 7.19. The first-order chi connectivity index (χ1) is 19.4. The minimum Gasteiger partial charge on any atom is -0.380 e. The van der Waals surface area contributed by atoms with Gasteiger partial charge in [0.15, 0.2) is 6.04 Å². The van der Waals surface area contributed by atoms with E-state index in [-0.39, 0.29) is 28.2 Å². The monoisotopic (exact) mass is 616 g/mol. The maximum absolute atomic E-state index is 14.0. The molecule has 11 heteroatoms. The van der Waals surface area contributed by atoms with Gasteiger partial charge in [-0.25, -0.2) is 8.42 Å². The van der Waals surface area contributed by atoms with Gasteiger partial charge >= 0.3 is 0 Å². The van der Waals surface area contributed by atoms with E-state index in [1.807, 2.05) is 30.9 Å². The number of halogens is 2. The Balaban J connectivity index is 1.13. The highest BCUT2D eigenvalue weighted by Crippen LogP contribution is 2.71. The van der Waals surface area contributed by atoms with Crippen LogP contribution in [-0.2, 0) is 26.1 Å². The second-order valence-corrected chi connectivity index (χ2v) is 16.0. The van der Waals surface area contributed by atoms with Crippen LogP contribution in [0.2, 0.25) is 10.0 Å². The van der Waals surface area contributed by atoms with Crippen LogP contribution in [0.4, 0.5) is 0 Å². The SMILES string of the molecule is CC1(C)NC(C23CC(N(Cc4ccc(Cl)c(Cl)c4)S(=O)(=O)c4ccccc4)(C2)C3)=N[C@H]1C(=O)N1CCC2(COC2)C1. The van der Waals surface area contributed by atoms with E-state index in [0.29, 0.717) is 29.3 Å². The summed E-state index contributed by atoms with van der Waals surface area (Å²) in [7, 11) is -3.79. The van der Waals surface area contributed by atoms with Crippen molar-refractivity contribution in [1.29, 1.82) is 0 Å². The van der Waals surface area contributed by atoms with Crippen molar-refractivity contribution in [2.24, 2.45) is 15.8 Å². The number of carbonyl (C=O) groups excluding carboxylic acids is 1. The number of nitrogens with one attached hydrogen (secondary N) is 1. The van der Waals surface area contributed by atoms with Crippen molar-refractivity contribution in [3.8, 4) is 0 Å². The van der Waals surface area contributed by atoms with Gasteiger partial charge in [-0.3, -0.25) is 9.79 Å². The molecule has 0 radical (unpaired) electrons. The molecule has 1 amide bonds. The summed E-state index contributed by atoms with van der Waals surface area (Å²) >= 11 is 12.4. The fourth-order valence-corrected chi connectivity index (χ4v) is 9.63. The standard InChI is InChI=1S/C30H34Cl2N4O4S/c1-27(2)24(25(37)35-11-10-28(17-35)18-40-19-28)33-26(34-27)29-14-30(15-29,16-29)36(13-20-8-9-22(31)23(32)12-20)41(38,39)21-6-4-3-5-7-21/h3-9,12,24H,10-11,13-19H2,1-2H3,(H,33,34)/t24-,29?,30?/m0/s1. The van der Waals surface area contributed by atoms with Gasteiger partial charge in [0.05, 0.1) is 33.7 Å². The molecule has 3 aliphatic carbocycles. The zero-order valence-corrected chi connectivity index (χ0v) is 25.5. The minimum absolute atomic E-state index is 0.0653. The van der Waals surface area contributed by atoms with Crippen LogP contribution in [0, 0.1) is 10.8 Å². The van der Waals surface area contributed by atoms with Gasteiger partial charge in [-0.05, 0) is 69.4 Å². The molecule has 3 saturated carbocycles. The molecule has 0 aromatic heterocycles. The lowest BCUT2D eigenvalue weighted by atomic mass is 9.38. The van der Waals surface area contributed by atoms with Crippen LogP contribution in [0.3, 0.4) is 0 Å². The Morgan fingerprint density at radius 1 is 1.10 bits per heavy atom. The number of likely N-dealkylation sites (tertiary alicyclic amines) is 1. The summed E-state index contributed by atoms with van der Waals surface area (Å²) in [6.07, 6.45) is 2.94. The molecule has 8 nitrogen and oxygen atoms in total. The first-order valence-electron chi connectivity index (χ1n) is 14.1. The van der Waals surface area contributed by atoms with E-state index in [2.05, 4.69) is 5.32 Å². The van der Waals surface area contributed by atoms with Gasteiger partial charge in [-0.1, -0.05) is 47.5 Å². The molecule has 1 spiro atoms. The molecule has 1 N–H and O–H groups in total. The zero-order chi connectivity index (χ0) is 28.8. The van der Waals surface area contributed by atoms with Crippen LogP contribution in [0.25, 0.3) is 0 Å². The maximum Gasteiger partial charge on any atom is 0.249 e. The molecule has 41 heavy (non-hydrogen) atoms. The number of benzene rings is 2. The molecule has 218 valence electrons. The second-order valence-electron chi connectivity index (χ2n) is 13.3. The highest BCUT2D eigenvalue weighted by atomic mass is 35.5. The van der Waals surface area contributed by atoms with Gasteiger partial charge in [0.1, 0.15) is 5.84 Å². The van der Waals surface area contributed by atoms with Crippen LogP contribution in [-0.4, -0.2) is 72.8 Å². The minimum atomic E-state index is -3.79. The van der Waals surface area contributed by atoms with Gasteiger partial charge < -0.3 is 15.0 Å². The number of ether oxygens (including phenoxy) is 1. The number of aliphatic imine (C=N–C) groups is 1. The molecule has 8 rings (SSSR count). The summed E-state index contributed by atoms with van der Waals surface area (Å²) in [5.41, 5.74) is -0.385. The second kappa shape index (κ2) is 9.16. The topological polar surface area (TPSA) is 91.3 Å². The Hall–Kier alpha value is -2.17. The Morgan fingerprint density at radius 3 is 2.41 bits per heavy atom. The summed E-state index contributed by atoms with van der Waals surface area (Å²) in [6, 6.07) is 13.3. The third-order valence-corrected chi connectivity index (χ3v) is 12.6. The summed E-state index contributed by atoms with van der Waals surface area (Å²) in [4.78, 5) is 20.9. The molecule has 1 atom stereocenters. The molecule has 6 aliphatic rings. The molecule has 2 aromatic carbocycles. The van der Waals surface area contributed by atoms with E-state index >= 15 is 0 Å². The van der Waals surface area contributed by atoms with E-state index < -0.39 is 27.1 Å². The van der Waals surface area contributed by atoms with Crippen molar-refractivity contribution < 1.29 is 17.9 Å². The van der Waals surface area contributed by atoms with E-state index in [1.54, 1.807) is 40.7 Å². The highest BCUT2D eigenvalue weighted by molar-refractivity contribution is 7.89. The third kappa shape index (κ3) is 4.26. The number of amidine groups is 1. The lowest BCUT2D eigenvalue weighted by Crippen LogP contribution is -2.78. The highest BCUT2D eigenvalue weighted by Gasteiger charge is 2.75. The quantitative estimate of drug-likeness (QED) is 0.494. The number of amides is 1. The van der Waals surface area contributed by atoms with Crippen LogP contribution in [0.5, 0.6) is 0 Å². The van der Waals surface area contributed by atoms with E-state index in [1.165, 1.54) is 0 Å². The third-order valence-electron chi connectivity index (χ3n) is 9.86. The van der Waals surface area contributed by atoms with Crippen molar-refractivity contribution >= 4 is 45.0 Å². The van der Waals surface area contributed by atoms with Crippen molar-refractivity contribution in [3.63, 3.8) is 0 Å². The smallest absolute Gasteiger partial charge is 0.249 e. The molecule has 0 unspecified atom stereocenters. The maximum atomic E-state index is 14.0. The van der Waals surface area contributed by atoms with Crippen molar-refractivity contribution in [1.82, 2.24) is 14.5 Å². The van der Waals surface area contributed by atoms with Gasteiger partial charge in [0.2, 0.25) is 15.9 Å². The fraction of sp³-hybridized carbons (Fsp3) is 0.533. The van der Waals surface area contributed by atoms with Crippen LogP contribution in [0.1, 0.15) is 45.1 Å². The van der Waals surface area contributed by atoms with E-state index in [0.717, 1.165) is 44.1 Å². The van der Waals surface area contributed by atoms with E-state index in [4.69, 9.17) is 32.9 Å². The largest absolute Gasteiger partial charge is 0.380 e. The van der Waals surface area contributed by atoms with Crippen LogP contribution in [0.15, 0.2) is 58.4 Å². The van der Waals surface area contributed by atoms with Gasteiger partial charge in [0.25, 0.3) is 0 Å². The lowest BCUT2D eigenvalue weighted by molar-refractivity contribution is -0.151. The van der Waals surface area contributed by atoms with Crippen molar-refractivity contribution in [2.45, 2.75) is 68.1 Å². The van der Waals surface area contributed by atoms with Gasteiger partial charge in [0, 0.05) is 36.0 Å². The zero-order valence-electron chi connectivity index (χ0n) is 23.2. The van der Waals surface area contributed by atoms with Gasteiger partial charge in [-0.2, -0.15) is 4.31 Å². The molecular formula is C30H34Cl2N4O4S. The van der Waals surface area contributed by atoms with Gasteiger partial charge in [-0.15, -0.1) is 0 Å². The summed E-state index contributed by atoms with van der Waals surface area (Å²) < 4.78 is 35.1. The number of rotatable bonds is 7. The first kappa shape index (κ1) is 27.7. The fourth-order valence-electron chi connectivity index (χ4n) is 7.53. The molecule has 3 aliphatic heterocycles. The Bertz CT molecular complexity index is 1540. The number of nitrogens with zero attached hydrogens (tertiary/aromatic N) is 3. The first-order valence-corrected chi connectivity index (χ1v) is 16.3. The summed E-state index contributed by atoms with van der Waals surface area (Å²) in [5, 5.41) is 4.41. The predicted octanol–water partition coefficient (Wildman–Crippen LogP) is 4.50. The Kier molecular flexibility index (Phi) is 6.18. The number of hydrogen-bond acceptors (Lipinski definition) is 6. The molecular weight excluding hydrogens is 583 g/mol. The van der Waals surface area contributed by atoms with Crippen molar-refractivity contribution in [2.75, 3.05) is 26.3 Å². The number of sulfonamides is 1. The molecule has 2 bridgehead atoms. The lowest BCUT2D eigenvalue weighted by Gasteiger charge is -2.73. The average Bonchev–Trinajstić information content (AvgIpc) is 3.46. The molecule has 5 fully saturated rings. The number of hydrogen-bond donors (Lipinski definition) is 1. The molecule has 2 aromatic rings. The molecule has 3 heterocycles. The van der Waals surface area contributed by atoms with Crippen LogP contribution < -0.4 is 5.32 Å². The predicted molar refractivity (Wildman–Crippen MR) is 158 cm³/mol. The van der Waals surface area contributed by atoms with Crippen LogP contribution >= 0.6 is 23.2 Å². The average molecular weight is 618 g/mol. The Labute approximate surface area is 251 Å². The van der Waals surface area contributed by atoms with E-state index in [9.17, 15) is 13.2 Å². The molecule has 2 saturated heterocycles. The Morgan fingerprint density at radius 2 is 1.80 bits per heavy atom. The van der Waals surface area contributed by atoms with Crippen molar-refractivity contribution in [3.05, 3.63) is 64.1 Å². The normalized spacial score (nSPS) is 30.8.